The lowest BCUT2D eigenvalue weighted by Crippen LogP contribution is -2.17. The second-order valence-corrected chi connectivity index (χ2v) is 5.02. The van der Waals surface area contributed by atoms with Crippen LogP contribution in [0.4, 0.5) is 0 Å². The van der Waals surface area contributed by atoms with Gasteiger partial charge in [-0.1, -0.05) is 17.7 Å². The summed E-state index contributed by atoms with van der Waals surface area (Å²) in [5.41, 5.74) is 3.26. The van der Waals surface area contributed by atoms with E-state index in [4.69, 9.17) is 11.6 Å². The summed E-state index contributed by atoms with van der Waals surface area (Å²) in [5.74, 6) is 0. The van der Waals surface area contributed by atoms with Crippen LogP contribution in [-0.4, -0.2) is 21.5 Å². The van der Waals surface area contributed by atoms with Crippen molar-refractivity contribution in [3.63, 3.8) is 0 Å². The number of imidazole rings is 1. The van der Waals surface area contributed by atoms with Gasteiger partial charge in [0.1, 0.15) is 0 Å². The van der Waals surface area contributed by atoms with Crippen LogP contribution in [0, 0.1) is 0 Å². The third kappa shape index (κ3) is 2.81. The maximum Gasteiger partial charge on any atom is 0.0921 e. The monoisotopic (exact) mass is 286 g/mol. The first-order chi connectivity index (χ1) is 9.84. The Morgan fingerprint density at radius 2 is 2.20 bits per heavy atom. The van der Waals surface area contributed by atoms with E-state index in [9.17, 15) is 0 Å². The summed E-state index contributed by atoms with van der Waals surface area (Å²) in [5, 5.41) is 5.17. The summed E-state index contributed by atoms with van der Waals surface area (Å²) in [6, 6.07) is 7.86. The zero-order chi connectivity index (χ0) is 13.8. The van der Waals surface area contributed by atoms with Crippen molar-refractivity contribution in [2.45, 2.75) is 13.0 Å². The highest BCUT2D eigenvalue weighted by atomic mass is 35.5. The van der Waals surface area contributed by atoms with E-state index in [1.165, 1.54) is 0 Å². The number of rotatable bonds is 5. The Labute approximate surface area is 122 Å². The standard InChI is InChI=1S/C15H15ClN4/c16-14-4-3-11(15-13(14)2-1-6-19-15)8-17-7-5-12-9-18-10-20-12/h1-4,6,9-10,17H,5,7-8H2,(H,18,20). The van der Waals surface area contributed by atoms with E-state index >= 15 is 0 Å². The molecule has 0 saturated carbocycles. The lowest BCUT2D eigenvalue weighted by molar-refractivity contribution is 0.683. The molecule has 2 N–H and O–H groups in total. The molecule has 1 aromatic carbocycles. The number of aromatic amines is 1. The molecule has 3 aromatic rings. The number of pyridine rings is 1. The zero-order valence-corrected chi connectivity index (χ0v) is 11.7. The molecule has 0 amide bonds. The highest BCUT2D eigenvalue weighted by Gasteiger charge is 2.05. The molecule has 3 rings (SSSR count). The van der Waals surface area contributed by atoms with Crippen LogP contribution in [0.3, 0.4) is 0 Å². The molecule has 2 heterocycles. The number of H-pyrrole nitrogens is 1. The minimum atomic E-state index is 0.745. The molecule has 0 atom stereocenters. The fourth-order valence-electron chi connectivity index (χ4n) is 2.21. The van der Waals surface area contributed by atoms with E-state index in [0.29, 0.717) is 0 Å². The minimum Gasteiger partial charge on any atom is -0.348 e. The van der Waals surface area contributed by atoms with E-state index in [-0.39, 0.29) is 0 Å². The molecule has 102 valence electrons. The Bertz CT molecular complexity index is 694. The highest BCUT2D eigenvalue weighted by molar-refractivity contribution is 6.35. The molecule has 20 heavy (non-hydrogen) atoms. The maximum atomic E-state index is 6.19. The van der Waals surface area contributed by atoms with Crippen molar-refractivity contribution in [3.05, 3.63) is 59.3 Å². The van der Waals surface area contributed by atoms with Crippen molar-refractivity contribution >= 4 is 22.5 Å². The van der Waals surface area contributed by atoms with Gasteiger partial charge in [0.25, 0.3) is 0 Å². The maximum absolute atomic E-state index is 6.19. The Hall–Kier alpha value is -1.91. The Balaban J connectivity index is 1.67. The predicted molar refractivity (Wildman–Crippen MR) is 80.8 cm³/mol. The van der Waals surface area contributed by atoms with Gasteiger partial charge in [-0.05, 0) is 23.8 Å². The van der Waals surface area contributed by atoms with Gasteiger partial charge < -0.3 is 10.3 Å². The number of fused-ring (bicyclic) bond motifs is 1. The van der Waals surface area contributed by atoms with Crippen LogP contribution in [0.2, 0.25) is 5.02 Å². The van der Waals surface area contributed by atoms with E-state index in [1.807, 2.05) is 30.5 Å². The summed E-state index contributed by atoms with van der Waals surface area (Å²) in [6.45, 7) is 1.66. The van der Waals surface area contributed by atoms with Crippen molar-refractivity contribution in [3.8, 4) is 0 Å². The minimum absolute atomic E-state index is 0.745. The molecular weight excluding hydrogens is 272 g/mol. The average molecular weight is 287 g/mol. The average Bonchev–Trinajstić information content (AvgIpc) is 2.99. The summed E-state index contributed by atoms with van der Waals surface area (Å²) in [6.07, 6.45) is 6.28. The van der Waals surface area contributed by atoms with Crippen LogP contribution in [0.5, 0.6) is 0 Å². The van der Waals surface area contributed by atoms with Crippen molar-refractivity contribution in [2.75, 3.05) is 6.54 Å². The number of nitrogens with one attached hydrogen (secondary N) is 2. The first-order valence-electron chi connectivity index (χ1n) is 6.54. The molecule has 4 nitrogen and oxygen atoms in total. The molecule has 0 radical (unpaired) electrons. The van der Waals surface area contributed by atoms with Gasteiger partial charge in [-0.15, -0.1) is 0 Å². The predicted octanol–water partition coefficient (Wildman–Crippen LogP) is 2.94. The number of benzene rings is 1. The van der Waals surface area contributed by atoms with Crippen LogP contribution in [0.1, 0.15) is 11.3 Å². The number of hydrogen-bond acceptors (Lipinski definition) is 3. The molecule has 0 bridgehead atoms. The van der Waals surface area contributed by atoms with Crippen LogP contribution >= 0.6 is 11.6 Å². The van der Waals surface area contributed by atoms with Gasteiger partial charge in [0.2, 0.25) is 0 Å². The van der Waals surface area contributed by atoms with Crippen molar-refractivity contribution < 1.29 is 0 Å². The number of aromatic nitrogens is 3. The normalized spacial score (nSPS) is 11.1. The number of hydrogen-bond donors (Lipinski definition) is 2. The Morgan fingerprint density at radius 1 is 1.25 bits per heavy atom. The lowest BCUT2D eigenvalue weighted by atomic mass is 10.1. The molecule has 0 aliphatic rings. The Kier molecular flexibility index (Phi) is 3.95. The van der Waals surface area contributed by atoms with E-state index in [0.717, 1.165) is 46.7 Å². The van der Waals surface area contributed by atoms with Gasteiger partial charge in [0, 0.05) is 48.0 Å². The SMILES string of the molecule is Clc1ccc(CNCCc2cnc[nH]2)c2ncccc12. The van der Waals surface area contributed by atoms with Crippen LogP contribution < -0.4 is 5.32 Å². The van der Waals surface area contributed by atoms with Gasteiger partial charge >= 0.3 is 0 Å². The molecule has 0 unspecified atom stereocenters. The van der Waals surface area contributed by atoms with E-state index in [2.05, 4.69) is 20.3 Å². The smallest absolute Gasteiger partial charge is 0.0921 e. The van der Waals surface area contributed by atoms with Crippen molar-refractivity contribution in [1.82, 2.24) is 20.3 Å². The van der Waals surface area contributed by atoms with Crippen molar-refractivity contribution in [1.29, 1.82) is 0 Å². The van der Waals surface area contributed by atoms with Crippen LogP contribution in [0.15, 0.2) is 43.0 Å². The summed E-state index contributed by atoms with van der Waals surface area (Å²) < 4.78 is 0. The van der Waals surface area contributed by atoms with Gasteiger partial charge in [0.05, 0.1) is 11.8 Å². The topological polar surface area (TPSA) is 53.6 Å². The molecule has 0 aliphatic heterocycles. The Morgan fingerprint density at radius 3 is 3.05 bits per heavy atom. The molecule has 0 saturated heterocycles. The number of halogens is 1. The first-order valence-corrected chi connectivity index (χ1v) is 6.92. The summed E-state index contributed by atoms with van der Waals surface area (Å²) >= 11 is 6.19. The summed E-state index contributed by atoms with van der Waals surface area (Å²) in [7, 11) is 0. The van der Waals surface area contributed by atoms with Crippen LogP contribution in [-0.2, 0) is 13.0 Å². The van der Waals surface area contributed by atoms with Crippen molar-refractivity contribution in [2.24, 2.45) is 0 Å². The van der Waals surface area contributed by atoms with Gasteiger partial charge in [-0.25, -0.2) is 4.98 Å². The fourth-order valence-corrected chi connectivity index (χ4v) is 2.42. The van der Waals surface area contributed by atoms with Gasteiger partial charge in [-0.3, -0.25) is 4.98 Å². The second-order valence-electron chi connectivity index (χ2n) is 4.61. The number of nitrogens with zero attached hydrogens (tertiary/aromatic N) is 2. The molecule has 0 spiro atoms. The quantitative estimate of drug-likeness (QED) is 0.709. The van der Waals surface area contributed by atoms with E-state index < -0.39 is 0 Å². The molecule has 0 fully saturated rings. The van der Waals surface area contributed by atoms with Gasteiger partial charge in [0.15, 0.2) is 0 Å². The highest BCUT2D eigenvalue weighted by Crippen LogP contribution is 2.24. The molecule has 0 aliphatic carbocycles. The third-order valence-corrected chi connectivity index (χ3v) is 3.57. The first kappa shape index (κ1) is 13.1. The molecule has 2 aromatic heterocycles. The van der Waals surface area contributed by atoms with Gasteiger partial charge in [-0.2, -0.15) is 0 Å². The zero-order valence-electron chi connectivity index (χ0n) is 10.9. The second kappa shape index (κ2) is 6.03. The summed E-state index contributed by atoms with van der Waals surface area (Å²) in [4.78, 5) is 11.5. The van der Waals surface area contributed by atoms with E-state index in [1.54, 1.807) is 12.5 Å². The fraction of sp³-hybridized carbons (Fsp3) is 0.200. The third-order valence-electron chi connectivity index (χ3n) is 3.24. The largest absolute Gasteiger partial charge is 0.348 e. The molecular formula is C15H15ClN4. The lowest BCUT2D eigenvalue weighted by Gasteiger charge is -2.08. The molecule has 5 heteroatoms. The van der Waals surface area contributed by atoms with Crippen LogP contribution in [0.25, 0.3) is 10.9 Å².